The van der Waals surface area contributed by atoms with Gasteiger partial charge < -0.3 is 10.6 Å². The lowest BCUT2D eigenvalue weighted by atomic mass is 9.78. The first-order valence-corrected chi connectivity index (χ1v) is 16.5. The molecule has 2 aliphatic rings. The van der Waals surface area contributed by atoms with E-state index >= 15 is 0 Å². The maximum absolute atomic E-state index is 4.51. The van der Waals surface area contributed by atoms with Crippen LogP contribution in [0.25, 0.3) is 0 Å². The molecule has 0 aromatic rings. The molecule has 2 N–H and O–H groups in total. The minimum Gasteiger partial charge on any atom is -0.376 e. The van der Waals surface area contributed by atoms with Crippen molar-refractivity contribution in [2.24, 2.45) is 17.8 Å². The molecule has 0 aromatic carbocycles. The highest BCUT2D eigenvalue weighted by atomic mass is 15.0. The van der Waals surface area contributed by atoms with Crippen molar-refractivity contribution in [3.05, 3.63) is 95.6 Å². The molecule has 41 heavy (non-hydrogen) atoms. The second kappa shape index (κ2) is 21.3. The van der Waals surface area contributed by atoms with Gasteiger partial charge in [0.25, 0.3) is 0 Å². The van der Waals surface area contributed by atoms with Crippen molar-refractivity contribution in [2.75, 3.05) is 0 Å². The number of rotatable bonds is 13. The molecule has 0 saturated heterocycles. The summed E-state index contributed by atoms with van der Waals surface area (Å²) in [5.41, 5.74) is 9.44. The van der Waals surface area contributed by atoms with Crippen molar-refractivity contribution in [1.29, 1.82) is 0 Å². The largest absolute Gasteiger partial charge is 0.376 e. The van der Waals surface area contributed by atoms with E-state index in [2.05, 4.69) is 117 Å². The Bertz CT molecular complexity index is 958. The first-order valence-electron chi connectivity index (χ1n) is 16.5. The monoisotopic (exact) mass is 563 g/mol. The van der Waals surface area contributed by atoms with E-state index in [4.69, 9.17) is 0 Å². The Kier molecular flexibility index (Phi) is 20.0. The third kappa shape index (κ3) is 14.3. The van der Waals surface area contributed by atoms with Crippen molar-refractivity contribution < 1.29 is 0 Å². The molecule has 1 saturated carbocycles. The molecule has 0 amide bonds. The van der Waals surface area contributed by atoms with E-state index in [1.807, 2.05) is 13.8 Å². The third-order valence-corrected chi connectivity index (χ3v) is 7.96. The van der Waals surface area contributed by atoms with Crippen LogP contribution in [0.15, 0.2) is 95.6 Å². The molecule has 0 aliphatic heterocycles. The normalized spacial score (nSPS) is 19.9. The van der Waals surface area contributed by atoms with Gasteiger partial charge in [-0.05, 0) is 98.5 Å². The Labute approximate surface area is 256 Å². The van der Waals surface area contributed by atoms with Gasteiger partial charge in [0.2, 0.25) is 0 Å². The predicted molar refractivity (Wildman–Crippen MR) is 188 cm³/mol. The van der Waals surface area contributed by atoms with Gasteiger partial charge in [0.05, 0.1) is 6.04 Å². The number of allylic oxidation sites excluding steroid dienone is 8. The molecule has 0 spiro atoms. The summed E-state index contributed by atoms with van der Waals surface area (Å²) in [6.07, 6.45) is 19.5. The Morgan fingerprint density at radius 3 is 2.15 bits per heavy atom. The first kappa shape index (κ1) is 38.5. The second-order valence-corrected chi connectivity index (χ2v) is 12.0. The van der Waals surface area contributed by atoms with Gasteiger partial charge in [-0.1, -0.05) is 125 Å². The third-order valence-electron chi connectivity index (χ3n) is 7.96. The highest BCUT2D eigenvalue weighted by Gasteiger charge is 2.29. The number of hydrogen-bond acceptors (Lipinski definition) is 2. The highest BCUT2D eigenvalue weighted by Crippen LogP contribution is 2.34. The lowest BCUT2D eigenvalue weighted by Gasteiger charge is -2.36. The number of nitrogens with one attached hydrogen (secondary N) is 2. The SMILES string of the molecule is C=C(CC)CCC.C=C1CC=CC(NC(=C)C(NC(=C)C(=C/CC)/C(C)=C\C(C)C)C2CCC(C)CC2)=C1C.CC. The topological polar surface area (TPSA) is 24.1 Å². The maximum atomic E-state index is 4.51. The van der Waals surface area contributed by atoms with Gasteiger partial charge in [0.15, 0.2) is 0 Å². The van der Waals surface area contributed by atoms with E-state index in [-0.39, 0.29) is 6.04 Å². The van der Waals surface area contributed by atoms with Gasteiger partial charge in [0, 0.05) is 17.1 Å². The molecule has 1 atom stereocenters. The van der Waals surface area contributed by atoms with Gasteiger partial charge in [0.1, 0.15) is 0 Å². The fourth-order valence-electron chi connectivity index (χ4n) is 5.39. The Balaban J connectivity index is 0.00000155. The lowest BCUT2D eigenvalue weighted by Crippen LogP contribution is -2.42. The van der Waals surface area contributed by atoms with Crippen LogP contribution in [-0.2, 0) is 0 Å². The summed E-state index contributed by atoms with van der Waals surface area (Å²) in [7, 11) is 0. The molecule has 2 nitrogen and oxygen atoms in total. The Morgan fingerprint density at radius 2 is 1.66 bits per heavy atom. The Morgan fingerprint density at radius 1 is 1.05 bits per heavy atom. The summed E-state index contributed by atoms with van der Waals surface area (Å²) in [6.45, 7) is 38.7. The molecular formula is C39H66N2. The molecule has 2 aliphatic carbocycles. The predicted octanol–water partition coefficient (Wildman–Crippen LogP) is 11.9. The van der Waals surface area contributed by atoms with E-state index in [1.54, 1.807) is 0 Å². The summed E-state index contributed by atoms with van der Waals surface area (Å²) in [4.78, 5) is 0. The molecule has 0 aromatic heterocycles. The average Bonchev–Trinajstić information content (AvgIpc) is 2.94. The maximum Gasteiger partial charge on any atom is 0.0685 e. The Hall–Kier alpha value is -2.48. The van der Waals surface area contributed by atoms with Gasteiger partial charge >= 0.3 is 0 Å². The van der Waals surface area contributed by atoms with Crippen LogP contribution < -0.4 is 10.6 Å². The van der Waals surface area contributed by atoms with E-state index in [9.17, 15) is 0 Å². The zero-order valence-corrected chi connectivity index (χ0v) is 28.8. The fourth-order valence-corrected chi connectivity index (χ4v) is 5.39. The van der Waals surface area contributed by atoms with Crippen LogP contribution in [-0.4, -0.2) is 6.04 Å². The van der Waals surface area contributed by atoms with E-state index < -0.39 is 0 Å². The van der Waals surface area contributed by atoms with E-state index in [0.29, 0.717) is 11.8 Å². The van der Waals surface area contributed by atoms with Crippen LogP contribution in [0.2, 0.25) is 0 Å². The van der Waals surface area contributed by atoms with Crippen LogP contribution in [0, 0.1) is 17.8 Å². The molecule has 2 heteroatoms. The molecule has 0 bridgehead atoms. The quantitative estimate of drug-likeness (QED) is 0.172. The summed E-state index contributed by atoms with van der Waals surface area (Å²) in [5.74, 6) is 1.88. The fraction of sp³-hybridized carbons (Fsp3) is 0.590. The van der Waals surface area contributed by atoms with Crippen LogP contribution in [0.4, 0.5) is 0 Å². The smallest absolute Gasteiger partial charge is 0.0685 e. The van der Waals surface area contributed by atoms with E-state index in [1.165, 1.54) is 66.4 Å². The molecule has 232 valence electrons. The molecular weight excluding hydrogens is 496 g/mol. The van der Waals surface area contributed by atoms with Crippen molar-refractivity contribution in [1.82, 2.24) is 10.6 Å². The first-order chi connectivity index (χ1) is 19.4. The summed E-state index contributed by atoms with van der Waals surface area (Å²) in [6, 6.07) is 0.144. The lowest BCUT2D eigenvalue weighted by molar-refractivity contribution is 0.251. The highest BCUT2D eigenvalue weighted by molar-refractivity contribution is 5.45. The summed E-state index contributed by atoms with van der Waals surface area (Å²) in [5, 5.41) is 7.47. The number of hydrogen-bond donors (Lipinski definition) is 2. The average molecular weight is 563 g/mol. The van der Waals surface area contributed by atoms with Crippen molar-refractivity contribution in [3.63, 3.8) is 0 Å². The van der Waals surface area contributed by atoms with Crippen LogP contribution >= 0.6 is 0 Å². The van der Waals surface area contributed by atoms with Crippen LogP contribution in [0.5, 0.6) is 0 Å². The van der Waals surface area contributed by atoms with Gasteiger partial charge in [-0.25, -0.2) is 0 Å². The van der Waals surface area contributed by atoms with Crippen molar-refractivity contribution in [3.8, 4) is 0 Å². The molecule has 1 fully saturated rings. The van der Waals surface area contributed by atoms with E-state index in [0.717, 1.165) is 42.3 Å². The van der Waals surface area contributed by atoms with Gasteiger partial charge in [-0.3, -0.25) is 0 Å². The zero-order chi connectivity index (χ0) is 31.5. The standard InChI is InChI=1S/C30H46N2.C7H14.C2H6/c1-10-12-28(23(6)19-20(2)3)25(8)32-30(27-17-15-21(4)16-18-27)26(9)31-29-14-11-13-22(5)24(29)7;1-4-6-7(3)5-2;1-2/h11-12,14,19-21,27,30-32H,5,8-10,13,15-18H2,1-4,6-7H3;3-6H2,1-2H3;1-2H3/b23-19-,28-12+;;. The molecule has 0 heterocycles. The van der Waals surface area contributed by atoms with Gasteiger partial charge in [-0.2, -0.15) is 0 Å². The molecule has 0 radical (unpaired) electrons. The zero-order valence-electron chi connectivity index (χ0n) is 28.8. The summed E-state index contributed by atoms with van der Waals surface area (Å²) < 4.78 is 0. The van der Waals surface area contributed by atoms with Gasteiger partial charge in [-0.15, -0.1) is 0 Å². The minimum atomic E-state index is 0.144. The van der Waals surface area contributed by atoms with Crippen molar-refractivity contribution >= 4 is 0 Å². The van der Waals surface area contributed by atoms with Crippen LogP contribution in [0.3, 0.4) is 0 Å². The minimum absolute atomic E-state index is 0.144. The molecule has 1 unspecified atom stereocenters. The van der Waals surface area contributed by atoms with Crippen molar-refractivity contribution in [2.45, 2.75) is 133 Å². The molecule has 2 rings (SSSR count). The van der Waals surface area contributed by atoms with Crippen LogP contribution in [0.1, 0.15) is 127 Å². The summed E-state index contributed by atoms with van der Waals surface area (Å²) >= 11 is 0. The second-order valence-electron chi connectivity index (χ2n) is 12.0.